The highest BCUT2D eigenvalue weighted by Crippen LogP contribution is 2.30. The zero-order valence-corrected chi connectivity index (χ0v) is 17.3. The van der Waals surface area contributed by atoms with Crippen molar-refractivity contribution in [3.8, 4) is 0 Å². The van der Waals surface area contributed by atoms with Gasteiger partial charge in [-0.05, 0) is 40.8 Å². The Kier molecular flexibility index (Phi) is 5.66. The van der Waals surface area contributed by atoms with Gasteiger partial charge in [0.2, 0.25) is 0 Å². The predicted octanol–water partition coefficient (Wildman–Crippen LogP) is 3.70. The van der Waals surface area contributed by atoms with E-state index in [4.69, 9.17) is 10.2 Å². The van der Waals surface area contributed by atoms with Gasteiger partial charge in [0.1, 0.15) is 5.76 Å². The van der Waals surface area contributed by atoms with Crippen molar-refractivity contribution in [2.75, 3.05) is 7.05 Å². The minimum atomic E-state index is -0.533. The molecule has 0 bridgehead atoms. The van der Waals surface area contributed by atoms with Crippen LogP contribution in [-0.4, -0.2) is 27.6 Å². The molecule has 0 atom stereocenters. The van der Waals surface area contributed by atoms with Crippen molar-refractivity contribution in [2.45, 2.75) is 73.0 Å². The Balaban J connectivity index is 2.26. The lowest BCUT2D eigenvalue weighted by atomic mass is 9.90. The molecule has 0 fully saturated rings. The number of aryl methyl sites for hydroxylation is 1. The first-order valence-corrected chi connectivity index (χ1v) is 9.08. The van der Waals surface area contributed by atoms with E-state index in [2.05, 4.69) is 70.2 Å². The summed E-state index contributed by atoms with van der Waals surface area (Å²) >= 11 is 0. The van der Waals surface area contributed by atoms with E-state index in [1.165, 1.54) is 11.3 Å². The summed E-state index contributed by atoms with van der Waals surface area (Å²) < 4.78 is 7.83. The normalized spacial score (nSPS) is 12.4. The Morgan fingerprint density at radius 3 is 2.38 bits per heavy atom. The van der Waals surface area contributed by atoms with Crippen molar-refractivity contribution in [2.24, 2.45) is 5.73 Å². The summed E-state index contributed by atoms with van der Waals surface area (Å²) in [5.74, 6) is 0.497. The quantitative estimate of drug-likeness (QED) is 0.852. The Morgan fingerprint density at radius 2 is 1.92 bits per heavy atom. The molecule has 2 aromatic rings. The van der Waals surface area contributed by atoms with Crippen LogP contribution >= 0.6 is 0 Å². The van der Waals surface area contributed by atoms with Gasteiger partial charge in [0.05, 0.1) is 5.69 Å². The monoisotopic (exact) mass is 360 g/mol. The predicted molar refractivity (Wildman–Crippen MR) is 103 cm³/mol. The molecule has 0 aliphatic carbocycles. The Hall–Kier alpha value is -2.08. The molecule has 0 aromatic carbocycles. The van der Waals surface area contributed by atoms with E-state index in [1.54, 1.807) is 6.07 Å². The van der Waals surface area contributed by atoms with Crippen molar-refractivity contribution in [1.82, 2.24) is 14.7 Å². The van der Waals surface area contributed by atoms with Gasteiger partial charge in [0.25, 0.3) is 5.91 Å². The fourth-order valence-corrected chi connectivity index (χ4v) is 3.35. The molecule has 144 valence electrons. The number of carbonyl (C=O) groups excluding carboxylic acids is 1. The van der Waals surface area contributed by atoms with Crippen LogP contribution in [0.3, 0.4) is 0 Å². The van der Waals surface area contributed by atoms with E-state index >= 15 is 0 Å². The Bertz CT molecular complexity index is 794. The number of nitrogens with zero attached hydrogens (tertiary/aromatic N) is 3. The zero-order chi connectivity index (χ0) is 19.8. The maximum Gasteiger partial charge on any atom is 0.284 e. The highest BCUT2D eigenvalue weighted by atomic mass is 16.4. The second kappa shape index (κ2) is 7.27. The van der Waals surface area contributed by atoms with Gasteiger partial charge in [-0.3, -0.25) is 14.4 Å². The average molecular weight is 361 g/mol. The number of amides is 1. The van der Waals surface area contributed by atoms with Gasteiger partial charge in [-0.2, -0.15) is 5.10 Å². The average Bonchev–Trinajstić information content (AvgIpc) is 3.03. The summed E-state index contributed by atoms with van der Waals surface area (Å²) in [6, 6.07) is 2.11. The third-order valence-corrected chi connectivity index (χ3v) is 4.57. The maximum atomic E-state index is 11.5. The molecule has 0 saturated heterocycles. The van der Waals surface area contributed by atoms with Crippen LogP contribution in [-0.2, 0) is 18.5 Å². The van der Waals surface area contributed by atoms with Crippen LogP contribution in [0.15, 0.2) is 10.5 Å². The zero-order valence-electron chi connectivity index (χ0n) is 17.3. The second-order valence-corrected chi connectivity index (χ2v) is 8.44. The molecule has 0 spiro atoms. The molecule has 2 N–H and O–H groups in total. The van der Waals surface area contributed by atoms with Crippen molar-refractivity contribution in [3.63, 3.8) is 0 Å². The number of furan rings is 1. The second-order valence-electron chi connectivity index (χ2n) is 8.44. The topological polar surface area (TPSA) is 77.3 Å². The Morgan fingerprint density at radius 1 is 1.31 bits per heavy atom. The van der Waals surface area contributed by atoms with E-state index in [1.807, 2.05) is 0 Å². The van der Waals surface area contributed by atoms with Crippen LogP contribution < -0.4 is 5.73 Å². The molecule has 0 radical (unpaired) electrons. The van der Waals surface area contributed by atoms with Crippen molar-refractivity contribution >= 4 is 5.91 Å². The lowest BCUT2D eigenvalue weighted by Gasteiger charge is -2.21. The molecule has 2 aromatic heterocycles. The van der Waals surface area contributed by atoms with Gasteiger partial charge in [0.15, 0.2) is 5.76 Å². The molecule has 6 heteroatoms. The number of primary amides is 1. The van der Waals surface area contributed by atoms with E-state index in [9.17, 15) is 4.79 Å². The first-order chi connectivity index (χ1) is 11.9. The fourth-order valence-electron chi connectivity index (χ4n) is 3.35. The van der Waals surface area contributed by atoms with Crippen LogP contribution in [0, 0.1) is 13.8 Å². The van der Waals surface area contributed by atoms with Crippen LogP contribution in [0.4, 0.5) is 0 Å². The van der Waals surface area contributed by atoms with E-state index < -0.39 is 5.91 Å². The first kappa shape index (κ1) is 20.2. The largest absolute Gasteiger partial charge is 0.455 e. The summed E-state index contributed by atoms with van der Waals surface area (Å²) in [7, 11) is 2.06. The molecular weight excluding hydrogens is 328 g/mol. The first-order valence-electron chi connectivity index (χ1n) is 9.08. The number of hydrogen-bond acceptors (Lipinski definition) is 4. The van der Waals surface area contributed by atoms with Crippen molar-refractivity contribution in [3.05, 3.63) is 40.1 Å². The fraction of sp³-hybridized carbons (Fsp3) is 0.600. The number of carbonyl (C=O) groups is 1. The molecule has 2 heterocycles. The molecule has 0 aliphatic rings. The minimum absolute atomic E-state index is 0.196. The summed E-state index contributed by atoms with van der Waals surface area (Å²) in [6.07, 6.45) is 0. The summed E-state index contributed by atoms with van der Waals surface area (Å²) in [5, 5.41) is 4.66. The molecule has 2 rings (SSSR count). The van der Waals surface area contributed by atoms with Crippen LogP contribution in [0.2, 0.25) is 0 Å². The maximum absolute atomic E-state index is 11.5. The van der Waals surface area contributed by atoms with E-state index in [0.717, 1.165) is 23.6 Å². The van der Waals surface area contributed by atoms with E-state index in [-0.39, 0.29) is 11.2 Å². The van der Waals surface area contributed by atoms with E-state index in [0.29, 0.717) is 12.6 Å². The van der Waals surface area contributed by atoms with Crippen LogP contribution in [0.1, 0.15) is 79.5 Å². The molecule has 0 unspecified atom stereocenters. The number of rotatable bonds is 6. The number of hydrogen-bond donors (Lipinski definition) is 1. The van der Waals surface area contributed by atoms with Gasteiger partial charge < -0.3 is 10.2 Å². The number of aromatic nitrogens is 2. The lowest BCUT2D eigenvalue weighted by Crippen LogP contribution is -2.21. The number of nitrogens with two attached hydrogens (primary N) is 1. The summed E-state index contributed by atoms with van der Waals surface area (Å²) in [4.78, 5) is 13.7. The van der Waals surface area contributed by atoms with Gasteiger partial charge in [-0.25, -0.2) is 0 Å². The molecule has 6 nitrogen and oxygen atoms in total. The molecule has 0 saturated carbocycles. The highest BCUT2D eigenvalue weighted by Gasteiger charge is 2.26. The van der Waals surface area contributed by atoms with Gasteiger partial charge in [0, 0.05) is 41.4 Å². The SMILES string of the molecule is Cc1nn(C(C)C)c(C)c1CN(C)Cc1cc(C(N)=O)oc1C(C)(C)C. The third kappa shape index (κ3) is 4.18. The summed E-state index contributed by atoms with van der Waals surface area (Å²) in [6.45, 7) is 16.1. The molecule has 1 amide bonds. The van der Waals surface area contributed by atoms with Gasteiger partial charge >= 0.3 is 0 Å². The lowest BCUT2D eigenvalue weighted by molar-refractivity contribution is 0.0970. The minimum Gasteiger partial charge on any atom is -0.455 e. The highest BCUT2D eigenvalue weighted by molar-refractivity contribution is 5.90. The van der Waals surface area contributed by atoms with Crippen molar-refractivity contribution < 1.29 is 9.21 Å². The molecule has 26 heavy (non-hydrogen) atoms. The van der Waals surface area contributed by atoms with Crippen LogP contribution in [0.25, 0.3) is 0 Å². The van der Waals surface area contributed by atoms with Crippen molar-refractivity contribution in [1.29, 1.82) is 0 Å². The van der Waals surface area contributed by atoms with Gasteiger partial charge in [-0.1, -0.05) is 20.8 Å². The molecule has 0 aliphatic heterocycles. The smallest absolute Gasteiger partial charge is 0.284 e. The van der Waals surface area contributed by atoms with Crippen LogP contribution in [0.5, 0.6) is 0 Å². The third-order valence-electron chi connectivity index (χ3n) is 4.57. The summed E-state index contributed by atoms with van der Waals surface area (Å²) in [5.41, 5.74) is 9.72. The Labute approximate surface area is 156 Å². The molecular formula is C20H32N4O2. The van der Waals surface area contributed by atoms with Gasteiger partial charge in [-0.15, -0.1) is 0 Å². The standard InChI is InChI=1S/C20H32N4O2/c1-12(2)24-14(4)16(13(3)22-24)11-23(8)10-15-9-17(19(21)25)26-18(15)20(5,6)7/h9,12H,10-11H2,1-8H3,(H2,21,25).